The number of aromatic amines is 1. The van der Waals surface area contributed by atoms with Crippen LogP contribution in [0.15, 0.2) is 59.4 Å². The molecule has 0 amide bonds. The topological polar surface area (TPSA) is 146 Å². The minimum absolute atomic E-state index is 0.0808. The zero-order valence-corrected chi connectivity index (χ0v) is 17.7. The standard InChI is InChI=1S/C17H17N3O.C2HF3O2.CHF3.CH2O2/c18-8-9-19-14-7-6-13-10-16(12-4-2-1-3-5-12)20-17(21)15(13)11-14;3-2(4,5)1(6)7;2-1(3)4;2-1-3/h1-7,10-11,19H,8-9,18H2,(H,20,21);(H,6,7);1H;1H,(H,2,3). The first kappa shape index (κ1) is 30.9. The third kappa shape index (κ3) is 12.7. The molecule has 0 fully saturated rings. The van der Waals surface area contributed by atoms with E-state index in [1.807, 2.05) is 54.6 Å². The third-order valence-corrected chi connectivity index (χ3v) is 3.65. The number of nitrogens with two attached hydrogens (primary N) is 1. The van der Waals surface area contributed by atoms with E-state index in [1.54, 1.807) is 0 Å². The summed E-state index contributed by atoms with van der Waals surface area (Å²) < 4.78 is 60.7. The van der Waals surface area contributed by atoms with Crippen molar-refractivity contribution in [3.63, 3.8) is 0 Å². The fourth-order valence-electron chi connectivity index (χ4n) is 2.36. The summed E-state index contributed by atoms with van der Waals surface area (Å²) in [5.74, 6) is -2.76. The monoisotopic (exact) mass is 509 g/mol. The molecule has 8 nitrogen and oxygen atoms in total. The molecular formula is C21H21F6N3O5. The van der Waals surface area contributed by atoms with Crippen molar-refractivity contribution in [1.29, 1.82) is 0 Å². The summed E-state index contributed by atoms with van der Waals surface area (Å²) in [7, 11) is 0. The highest BCUT2D eigenvalue weighted by Gasteiger charge is 2.38. The number of pyridine rings is 1. The molecule has 2 aromatic carbocycles. The van der Waals surface area contributed by atoms with E-state index in [4.69, 9.17) is 25.5 Å². The van der Waals surface area contributed by atoms with Gasteiger partial charge >= 0.3 is 18.8 Å². The van der Waals surface area contributed by atoms with Crippen LogP contribution in [0.1, 0.15) is 0 Å². The lowest BCUT2D eigenvalue weighted by Crippen LogP contribution is -2.21. The van der Waals surface area contributed by atoms with Gasteiger partial charge in [-0.05, 0) is 29.1 Å². The van der Waals surface area contributed by atoms with E-state index in [9.17, 15) is 31.1 Å². The van der Waals surface area contributed by atoms with Crippen molar-refractivity contribution in [2.75, 3.05) is 18.4 Å². The molecule has 0 aliphatic heterocycles. The van der Waals surface area contributed by atoms with E-state index < -0.39 is 18.8 Å². The van der Waals surface area contributed by atoms with Crippen LogP contribution in [0.25, 0.3) is 22.0 Å². The second-order valence-corrected chi connectivity index (χ2v) is 6.05. The molecule has 0 aliphatic rings. The van der Waals surface area contributed by atoms with Gasteiger partial charge in [0.05, 0.1) is 0 Å². The molecule has 0 saturated heterocycles. The Bertz CT molecular complexity index is 1110. The number of hydrogen-bond acceptors (Lipinski definition) is 5. The number of fused-ring (bicyclic) bond motifs is 1. The largest absolute Gasteiger partial charge is 0.490 e. The third-order valence-electron chi connectivity index (χ3n) is 3.65. The smallest absolute Gasteiger partial charge is 0.483 e. The molecule has 192 valence electrons. The van der Waals surface area contributed by atoms with Crippen molar-refractivity contribution in [2.24, 2.45) is 5.73 Å². The average Bonchev–Trinajstić information content (AvgIpc) is 2.78. The summed E-state index contributed by atoms with van der Waals surface area (Å²) in [4.78, 5) is 32.5. The minimum atomic E-state index is -5.08. The van der Waals surface area contributed by atoms with Crippen LogP contribution in [0.2, 0.25) is 0 Å². The maximum atomic E-state index is 12.3. The van der Waals surface area contributed by atoms with Crippen LogP contribution in [0, 0.1) is 0 Å². The number of anilines is 1. The molecule has 1 heterocycles. The van der Waals surface area contributed by atoms with Crippen molar-refractivity contribution in [3.05, 3.63) is 65.0 Å². The molecule has 1 aromatic heterocycles. The molecule has 0 aliphatic carbocycles. The van der Waals surface area contributed by atoms with Crippen LogP contribution in [-0.4, -0.2) is 53.6 Å². The lowest BCUT2D eigenvalue weighted by molar-refractivity contribution is -0.192. The zero-order chi connectivity index (χ0) is 27.0. The van der Waals surface area contributed by atoms with Gasteiger partial charge in [-0.15, -0.1) is 0 Å². The van der Waals surface area contributed by atoms with E-state index in [-0.39, 0.29) is 12.0 Å². The predicted octanol–water partition coefficient (Wildman–Crippen LogP) is 4.08. The Morgan fingerprint density at radius 1 is 1.09 bits per heavy atom. The van der Waals surface area contributed by atoms with Crippen molar-refractivity contribution >= 4 is 28.9 Å². The zero-order valence-electron chi connectivity index (χ0n) is 17.7. The fourth-order valence-corrected chi connectivity index (χ4v) is 2.36. The van der Waals surface area contributed by atoms with E-state index in [0.29, 0.717) is 18.5 Å². The van der Waals surface area contributed by atoms with E-state index in [0.717, 1.165) is 22.3 Å². The second-order valence-electron chi connectivity index (χ2n) is 6.05. The molecule has 35 heavy (non-hydrogen) atoms. The number of aliphatic carboxylic acids is 1. The Hall–Kier alpha value is -4.07. The van der Waals surface area contributed by atoms with E-state index >= 15 is 0 Å². The molecule has 0 saturated carbocycles. The van der Waals surface area contributed by atoms with Gasteiger partial charge in [0, 0.05) is 29.9 Å². The number of carboxylic acid groups (broad SMARTS) is 2. The average molecular weight is 509 g/mol. The molecule has 0 radical (unpaired) electrons. The van der Waals surface area contributed by atoms with Crippen molar-refractivity contribution < 1.29 is 46.1 Å². The highest BCUT2D eigenvalue weighted by molar-refractivity contribution is 5.87. The first-order valence-corrected chi connectivity index (χ1v) is 9.34. The van der Waals surface area contributed by atoms with Crippen LogP contribution < -0.4 is 16.6 Å². The Morgan fingerprint density at radius 3 is 2.06 bits per heavy atom. The molecule has 14 heteroatoms. The maximum absolute atomic E-state index is 12.3. The number of carbonyl (C=O) groups is 2. The lowest BCUT2D eigenvalue weighted by atomic mass is 10.1. The summed E-state index contributed by atoms with van der Waals surface area (Å²) in [6.45, 7) is -2.67. The maximum Gasteiger partial charge on any atom is 0.490 e. The van der Waals surface area contributed by atoms with Gasteiger partial charge < -0.3 is 26.2 Å². The fraction of sp³-hybridized carbons (Fsp3) is 0.190. The van der Waals surface area contributed by atoms with Gasteiger partial charge in [-0.25, -0.2) is 4.79 Å². The number of halogens is 6. The molecular weight excluding hydrogens is 488 g/mol. The normalized spacial score (nSPS) is 10.1. The predicted molar refractivity (Wildman–Crippen MR) is 117 cm³/mol. The van der Waals surface area contributed by atoms with E-state index in [1.165, 1.54) is 0 Å². The first-order chi connectivity index (χ1) is 16.4. The van der Waals surface area contributed by atoms with E-state index in [2.05, 4.69) is 10.3 Å². The number of aromatic nitrogens is 1. The van der Waals surface area contributed by atoms with Gasteiger partial charge in [-0.3, -0.25) is 9.59 Å². The summed E-state index contributed by atoms with van der Waals surface area (Å²) in [6.07, 6.45) is -5.08. The highest BCUT2D eigenvalue weighted by Crippen LogP contribution is 2.21. The number of hydrogen-bond donors (Lipinski definition) is 5. The van der Waals surface area contributed by atoms with Gasteiger partial charge in [0.1, 0.15) is 0 Å². The number of carboxylic acids is 1. The van der Waals surface area contributed by atoms with Crippen LogP contribution in [0.4, 0.5) is 32.0 Å². The van der Waals surface area contributed by atoms with Gasteiger partial charge in [0.25, 0.3) is 12.0 Å². The highest BCUT2D eigenvalue weighted by atomic mass is 19.4. The van der Waals surface area contributed by atoms with Crippen molar-refractivity contribution in [3.8, 4) is 11.3 Å². The number of nitrogens with one attached hydrogen (secondary N) is 2. The number of H-pyrrole nitrogens is 1. The van der Waals surface area contributed by atoms with Crippen LogP contribution in [0.3, 0.4) is 0 Å². The Kier molecular flexibility index (Phi) is 13.9. The Morgan fingerprint density at radius 2 is 1.60 bits per heavy atom. The summed E-state index contributed by atoms with van der Waals surface area (Å²) in [5, 5.41) is 18.8. The number of alkyl halides is 6. The quantitative estimate of drug-likeness (QED) is 0.263. The molecule has 3 rings (SSSR count). The van der Waals surface area contributed by atoms with Gasteiger partial charge in [0.2, 0.25) is 0 Å². The first-order valence-electron chi connectivity index (χ1n) is 9.34. The second kappa shape index (κ2) is 15.7. The summed E-state index contributed by atoms with van der Waals surface area (Å²) in [5.41, 5.74) is 8.13. The molecule has 0 atom stereocenters. The number of benzene rings is 2. The minimum Gasteiger partial charge on any atom is -0.483 e. The van der Waals surface area contributed by atoms with Crippen molar-refractivity contribution in [2.45, 2.75) is 12.9 Å². The van der Waals surface area contributed by atoms with Crippen LogP contribution in [0.5, 0.6) is 0 Å². The Labute approximate surface area is 194 Å². The van der Waals surface area contributed by atoms with Gasteiger partial charge in [0.15, 0.2) is 0 Å². The van der Waals surface area contributed by atoms with Crippen LogP contribution >= 0.6 is 0 Å². The number of rotatable bonds is 4. The van der Waals surface area contributed by atoms with Crippen molar-refractivity contribution in [1.82, 2.24) is 4.98 Å². The van der Waals surface area contributed by atoms with Gasteiger partial charge in [-0.2, -0.15) is 26.3 Å². The van der Waals surface area contributed by atoms with Gasteiger partial charge in [-0.1, -0.05) is 36.4 Å². The molecule has 0 spiro atoms. The molecule has 0 bridgehead atoms. The molecule has 0 unspecified atom stereocenters. The summed E-state index contributed by atoms with van der Waals surface area (Å²) in [6, 6.07) is 17.6. The SMILES string of the molecule is FC(F)F.NCCNc1ccc2cc(-c3ccccc3)[nH]c(=O)c2c1.O=C(O)C(F)(F)F.O=CO. The lowest BCUT2D eigenvalue weighted by Gasteiger charge is -2.07. The summed E-state index contributed by atoms with van der Waals surface area (Å²) >= 11 is 0. The van der Waals surface area contributed by atoms with Crippen LogP contribution in [-0.2, 0) is 9.59 Å². The Balaban J connectivity index is 0.000000686. The molecule has 3 aromatic rings. The molecule has 6 N–H and O–H groups in total.